The van der Waals surface area contributed by atoms with E-state index in [0.29, 0.717) is 10.6 Å². The number of benzene rings is 1. The Bertz CT molecular complexity index is 541. The van der Waals surface area contributed by atoms with Gasteiger partial charge in [-0.1, -0.05) is 0 Å². The van der Waals surface area contributed by atoms with Crippen LogP contribution in [0.4, 0.5) is 11.4 Å². The minimum Gasteiger partial charge on any atom is -0.399 e. The summed E-state index contributed by atoms with van der Waals surface area (Å²) in [5, 5.41) is 0. The predicted octanol–water partition coefficient (Wildman–Crippen LogP) is 0.487. The molecular formula is C10H13N3O2S. The van der Waals surface area contributed by atoms with Gasteiger partial charge in [0.15, 0.2) is 0 Å². The minimum absolute atomic E-state index is 0.0823. The molecular weight excluding hydrogens is 226 g/mol. The average molecular weight is 239 g/mol. The molecule has 2 aliphatic rings. The lowest BCUT2D eigenvalue weighted by molar-refractivity contribution is 0.540. The number of nitrogens with one attached hydrogen (secondary N) is 1. The molecule has 6 heteroatoms. The van der Waals surface area contributed by atoms with Gasteiger partial charge in [0, 0.05) is 12.2 Å². The first-order valence-electron chi connectivity index (χ1n) is 5.26. The van der Waals surface area contributed by atoms with Gasteiger partial charge in [-0.25, -0.2) is 8.42 Å². The van der Waals surface area contributed by atoms with Crippen molar-refractivity contribution in [1.29, 1.82) is 0 Å². The minimum atomic E-state index is -3.39. The summed E-state index contributed by atoms with van der Waals surface area (Å²) >= 11 is 0. The van der Waals surface area contributed by atoms with Crippen molar-refractivity contribution in [2.24, 2.45) is 0 Å². The van der Waals surface area contributed by atoms with Crippen LogP contribution >= 0.6 is 0 Å². The van der Waals surface area contributed by atoms with E-state index < -0.39 is 10.0 Å². The van der Waals surface area contributed by atoms with E-state index in [0.717, 1.165) is 25.1 Å². The zero-order valence-electron chi connectivity index (χ0n) is 8.68. The molecule has 1 aromatic carbocycles. The average Bonchev–Trinajstić information content (AvgIpc) is 2.65. The van der Waals surface area contributed by atoms with Gasteiger partial charge in [0.1, 0.15) is 4.90 Å². The highest BCUT2D eigenvalue weighted by Gasteiger charge is 2.37. The van der Waals surface area contributed by atoms with Gasteiger partial charge < -0.3 is 10.6 Å². The Morgan fingerprint density at radius 2 is 2.25 bits per heavy atom. The molecule has 0 aromatic heterocycles. The monoisotopic (exact) mass is 239 g/mol. The van der Waals surface area contributed by atoms with Crippen LogP contribution in [0.5, 0.6) is 0 Å². The van der Waals surface area contributed by atoms with Crippen molar-refractivity contribution < 1.29 is 8.42 Å². The molecule has 0 radical (unpaired) electrons. The maximum absolute atomic E-state index is 12.0. The fourth-order valence-electron chi connectivity index (χ4n) is 2.40. The summed E-state index contributed by atoms with van der Waals surface area (Å²) < 4.78 is 26.6. The van der Waals surface area contributed by atoms with Crippen LogP contribution in [-0.2, 0) is 10.0 Å². The Labute approximate surface area is 94.3 Å². The van der Waals surface area contributed by atoms with Crippen molar-refractivity contribution in [3.8, 4) is 0 Å². The molecule has 1 saturated heterocycles. The van der Waals surface area contributed by atoms with Crippen LogP contribution in [-0.4, -0.2) is 21.1 Å². The molecule has 0 spiro atoms. The summed E-state index contributed by atoms with van der Waals surface area (Å²) in [5.41, 5.74) is 6.88. The fraction of sp³-hybridized carbons (Fsp3) is 0.400. The Balaban J connectivity index is 2.24. The second-order valence-corrected chi connectivity index (χ2v) is 5.88. The van der Waals surface area contributed by atoms with E-state index in [1.165, 1.54) is 6.07 Å². The third-order valence-corrected chi connectivity index (χ3v) is 4.62. The predicted molar refractivity (Wildman–Crippen MR) is 61.5 cm³/mol. The summed E-state index contributed by atoms with van der Waals surface area (Å²) in [5.74, 6) is 0. The second-order valence-electron chi connectivity index (χ2n) is 4.20. The number of fused-ring (bicyclic) bond motifs is 3. The summed E-state index contributed by atoms with van der Waals surface area (Å²) in [6.07, 6.45) is 1.79. The van der Waals surface area contributed by atoms with Gasteiger partial charge in [0.05, 0.1) is 11.9 Å². The topological polar surface area (TPSA) is 75.4 Å². The molecule has 3 rings (SSSR count). The van der Waals surface area contributed by atoms with Crippen LogP contribution in [0.1, 0.15) is 12.8 Å². The third-order valence-electron chi connectivity index (χ3n) is 3.13. The highest BCUT2D eigenvalue weighted by molar-refractivity contribution is 7.89. The van der Waals surface area contributed by atoms with Gasteiger partial charge in [0.25, 0.3) is 0 Å². The number of sulfonamides is 1. The van der Waals surface area contributed by atoms with E-state index in [-0.39, 0.29) is 6.17 Å². The molecule has 0 aliphatic carbocycles. The Kier molecular flexibility index (Phi) is 1.93. The number of nitrogens with zero attached hydrogens (tertiary/aromatic N) is 1. The van der Waals surface area contributed by atoms with Crippen LogP contribution in [0.15, 0.2) is 23.1 Å². The van der Waals surface area contributed by atoms with E-state index in [4.69, 9.17) is 5.73 Å². The van der Waals surface area contributed by atoms with Crippen molar-refractivity contribution in [1.82, 2.24) is 4.72 Å². The lowest BCUT2D eigenvalue weighted by Crippen LogP contribution is -2.48. The third kappa shape index (κ3) is 1.30. The first-order valence-corrected chi connectivity index (χ1v) is 6.75. The van der Waals surface area contributed by atoms with Gasteiger partial charge in [0.2, 0.25) is 10.0 Å². The molecule has 0 amide bonds. The summed E-state index contributed by atoms with van der Waals surface area (Å²) in [4.78, 5) is 2.39. The molecule has 16 heavy (non-hydrogen) atoms. The van der Waals surface area contributed by atoms with E-state index in [1.807, 2.05) is 0 Å². The molecule has 5 nitrogen and oxygen atoms in total. The highest BCUT2D eigenvalue weighted by atomic mass is 32.2. The standard InChI is InChI=1S/C10H13N3O2S/c11-7-3-4-8-9(6-7)16(14,15)12-10-2-1-5-13(8)10/h3-4,6,10,12H,1-2,5,11H2. The Morgan fingerprint density at radius 1 is 1.44 bits per heavy atom. The van der Waals surface area contributed by atoms with Gasteiger partial charge in [-0.3, -0.25) is 0 Å². The van der Waals surface area contributed by atoms with E-state index in [9.17, 15) is 8.42 Å². The first-order chi connectivity index (χ1) is 7.58. The molecule has 1 unspecified atom stereocenters. The Hall–Kier alpha value is -1.27. The zero-order valence-corrected chi connectivity index (χ0v) is 9.50. The van der Waals surface area contributed by atoms with Crippen LogP contribution in [0.2, 0.25) is 0 Å². The normalized spacial score (nSPS) is 26.2. The van der Waals surface area contributed by atoms with Crippen molar-refractivity contribution in [2.75, 3.05) is 17.2 Å². The molecule has 2 heterocycles. The smallest absolute Gasteiger partial charge is 0.244 e. The number of anilines is 2. The number of nitrogens with two attached hydrogens (primary N) is 1. The Morgan fingerprint density at radius 3 is 3.06 bits per heavy atom. The van der Waals surface area contributed by atoms with Crippen molar-refractivity contribution in [3.63, 3.8) is 0 Å². The van der Waals surface area contributed by atoms with Crippen molar-refractivity contribution in [3.05, 3.63) is 18.2 Å². The maximum atomic E-state index is 12.0. The maximum Gasteiger partial charge on any atom is 0.244 e. The quantitative estimate of drug-likeness (QED) is 0.646. The molecule has 0 bridgehead atoms. The fourth-order valence-corrected chi connectivity index (χ4v) is 3.89. The number of nitrogen functional groups attached to an aromatic ring is 1. The van der Waals surface area contributed by atoms with Gasteiger partial charge >= 0.3 is 0 Å². The molecule has 1 atom stereocenters. The molecule has 2 aliphatic heterocycles. The lowest BCUT2D eigenvalue weighted by atomic mass is 10.2. The molecule has 86 valence electrons. The summed E-state index contributed by atoms with van der Waals surface area (Å²) in [7, 11) is -3.39. The number of rotatable bonds is 0. The van der Waals surface area contributed by atoms with Gasteiger partial charge in [-0.15, -0.1) is 0 Å². The van der Waals surface area contributed by atoms with E-state index in [1.54, 1.807) is 12.1 Å². The molecule has 1 fully saturated rings. The molecule has 3 N–H and O–H groups in total. The van der Waals surface area contributed by atoms with E-state index >= 15 is 0 Å². The van der Waals surface area contributed by atoms with E-state index in [2.05, 4.69) is 9.62 Å². The van der Waals surface area contributed by atoms with Crippen molar-refractivity contribution in [2.45, 2.75) is 23.9 Å². The molecule has 0 saturated carbocycles. The van der Waals surface area contributed by atoms with Crippen LogP contribution < -0.4 is 15.4 Å². The van der Waals surface area contributed by atoms with Crippen LogP contribution in [0.3, 0.4) is 0 Å². The van der Waals surface area contributed by atoms with Crippen molar-refractivity contribution >= 4 is 21.4 Å². The molecule has 1 aromatic rings. The van der Waals surface area contributed by atoms with Gasteiger partial charge in [-0.05, 0) is 31.0 Å². The second kappa shape index (κ2) is 3.11. The number of hydrogen-bond donors (Lipinski definition) is 2. The van der Waals surface area contributed by atoms with Gasteiger partial charge in [-0.2, -0.15) is 4.72 Å². The SMILES string of the molecule is Nc1ccc2c(c1)S(=O)(=O)NC1CCCN21. The summed E-state index contributed by atoms with van der Waals surface area (Å²) in [6, 6.07) is 5.06. The van der Waals surface area contributed by atoms with Crippen LogP contribution in [0, 0.1) is 0 Å². The summed E-state index contributed by atoms with van der Waals surface area (Å²) in [6.45, 7) is 0.893. The first kappa shape index (κ1) is 9.92. The zero-order chi connectivity index (χ0) is 11.3. The largest absolute Gasteiger partial charge is 0.399 e. The number of hydrogen-bond acceptors (Lipinski definition) is 4. The lowest BCUT2D eigenvalue weighted by Gasteiger charge is -2.33. The highest BCUT2D eigenvalue weighted by Crippen LogP contribution is 2.36. The van der Waals surface area contributed by atoms with Crippen LogP contribution in [0.25, 0.3) is 0 Å².